The Morgan fingerprint density at radius 3 is 2.46 bits per heavy atom. The lowest BCUT2D eigenvalue weighted by atomic mass is 9.98. The molecule has 8 nitrogen and oxygen atoms in total. The van der Waals surface area contributed by atoms with Gasteiger partial charge >= 0.3 is 12.1 Å². The number of carbonyl (C=O) groups excluding carboxylic acids is 2. The number of hydrogen-bond acceptors (Lipinski definition) is 6. The standard InChI is InChI=1S/C26H25N3O5S/c30-24(29-11-5-6-16(14-29)25(31)32)22-12-27-23(35-22)13-28-26(33)34-15-21-19-9-3-1-7-17(19)18-8-2-4-10-20(18)21/h1-4,7-10,12,16,21H,5-6,11,13-15H2,(H,28,33)(H,31,32)/t16-/m0/s1. The summed E-state index contributed by atoms with van der Waals surface area (Å²) in [5.41, 5.74) is 4.63. The predicted octanol–water partition coefficient (Wildman–Crippen LogP) is 4.12. The molecule has 2 heterocycles. The second kappa shape index (κ2) is 9.87. The summed E-state index contributed by atoms with van der Waals surface area (Å²) in [5.74, 6) is -1.65. The van der Waals surface area contributed by atoms with Crippen LogP contribution >= 0.6 is 11.3 Å². The van der Waals surface area contributed by atoms with E-state index in [1.54, 1.807) is 4.90 Å². The normalized spacial score (nSPS) is 16.9. The van der Waals surface area contributed by atoms with Crippen LogP contribution in [-0.2, 0) is 16.1 Å². The molecule has 1 saturated heterocycles. The van der Waals surface area contributed by atoms with Crippen LogP contribution in [0.25, 0.3) is 11.1 Å². The van der Waals surface area contributed by atoms with Crippen LogP contribution in [0.15, 0.2) is 54.7 Å². The molecule has 1 aliphatic heterocycles. The van der Waals surface area contributed by atoms with Crippen LogP contribution in [-0.4, -0.2) is 52.7 Å². The van der Waals surface area contributed by atoms with Crippen molar-refractivity contribution < 1.29 is 24.2 Å². The number of alkyl carbamates (subject to hydrolysis) is 1. The number of thiazole rings is 1. The molecule has 5 rings (SSSR count). The van der Waals surface area contributed by atoms with Crippen molar-refractivity contribution in [2.24, 2.45) is 5.92 Å². The molecular formula is C26H25N3O5S. The van der Waals surface area contributed by atoms with Gasteiger partial charge in [0.15, 0.2) is 0 Å². The van der Waals surface area contributed by atoms with Crippen LogP contribution in [0.3, 0.4) is 0 Å². The highest BCUT2D eigenvalue weighted by molar-refractivity contribution is 7.13. The van der Waals surface area contributed by atoms with E-state index < -0.39 is 18.0 Å². The van der Waals surface area contributed by atoms with Crippen molar-refractivity contribution in [3.63, 3.8) is 0 Å². The van der Waals surface area contributed by atoms with E-state index in [2.05, 4.69) is 34.6 Å². The monoisotopic (exact) mass is 491 g/mol. The molecule has 9 heteroatoms. The van der Waals surface area contributed by atoms with E-state index in [1.807, 2.05) is 24.3 Å². The van der Waals surface area contributed by atoms with Gasteiger partial charge in [0.1, 0.15) is 16.5 Å². The number of hydrogen-bond donors (Lipinski definition) is 2. The summed E-state index contributed by atoms with van der Waals surface area (Å²) in [4.78, 5) is 42.7. The molecule has 0 saturated carbocycles. The van der Waals surface area contributed by atoms with Crippen molar-refractivity contribution in [1.29, 1.82) is 0 Å². The number of nitrogens with zero attached hydrogens (tertiary/aromatic N) is 2. The van der Waals surface area contributed by atoms with Crippen LogP contribution in [0.5, 0.6) is 0 Å². The molecule has 2 aromatic carbocycles. The third-order valence-corrected chi connectivity index (χ3v) is 7.54. The molecule has 3 aromatic rings. The molecule has 1 fully saturated rings. The average molecular weight is 492 g/mol. The minimum atomic E-state index is -0.875. The summed E-state index contributed by atoms with van der Waals surface area (Å²) in [6.45, 7) is 1.11. The lowest BCUT2D eigenvalue weighted by molar-refractivity contribution is -0.143. The lowest BCUT2D eigenvalue weighted by Crippen LogP contribution is -2.42. The SMILES string of the molecule is O=C(NCc1ncc(C(=O)N2CCC[C@H](C(=O)O)C2)s1)OCC1c2ccccc2-c2ccccc21. The number of rotatable bonds is 6. The number of likely N-dealkylation sites (tertiary alicyclic amines) is 1. The maximum Gasteiger partial charge on any atom is 0.407 e. The first-order chi connectivity index (χ1) is 17.0. The Kier molecular flexibility index (Phi) is 6.50. The summed E-state index contributed by atoms with van der Waals surface area (Å²) in [6.07, 6.45) is 2.18. The largest absolute Gasteiger partial charge is 0.481 e. The van der Waals surface area contributed by atoms with Gasteiger partial charge in [-0.2, -0.15) is 0 Å². The highest BCUT2D eigenvalue weighted by Crippen LogP contribution is 2.44. The third kappa shape index (κ3) is 4.77. The van der Waals surface area contributed by atoms with Crippen molar-refractivity contribution in [3.05, 3.63) is 75.7 Å². The van der Waals surface area contributed by atoms with Crippen molar-refractivity contribution in [2.75, 3.05) is 19.7 Å². The zero-order valence-corrected chi connectivity index (χ0v) is 19.8. The van der Waals surface area contributed by atoms with Gasteiger partial charge in [-0.25, -0.2) is 9.78 Å². The Balaban J connectivity index is 1.15. The van der Waals surface area contributed by atoms with Crippen molar-refractivity contribution >= 4 is 29.3 Å². The molecule has 0 spiro atoms. The van der Waals surface area contributed by atoms with Gasteiger partial charge in [-0.15, -0.1) is 11.3 Å². The Bertz CT molecular complexity index is 1230. The minimum absolute atomic E-state index is 0.0172. The zero-order chi connectivity index (χ0) is 24.4. The van der Waals surface area contributed by atoms with Gasteiger partial charge in [0.2, 0.25) is 0 Å². The Morgan fingerprint density at radius 1 is 1.09 bits per heavy atom. The molecular weight excluding hydrogens is 466 g/mol. The van der Waals surface area contributed by atoms with Crippen LogP contribution in [0, 0.1) is 5.92 Å². The molecule has 1 atom stereocenters. The van der Waals surface area contributed by atoms with Crippen LogP contribution in [0.1, 0.15) is 44.6 Å². The Hall–Kier alpha value is -3.72. The smallest absolute Gasteiger partial charge is 0.407 e. The van der Waals surface area contributed by atoms with Gasteiger partial charge in [-0.1, -0.05) is 48.5 Å². The average Bonchev–Trinajstić information content (AvgIpc) is 3.49. The van der Waals surface area contributed by atoms with Crippen molar-refractivity contribution in [1.82, 2.24) is 15.2 Å². The summed E-state index contributed by atoms with van der Waals surface area (Å²) < 4.78 is 5.54. The first-order valence-electron chi connectivity index (χ1n) is 11.6. The number of amides is 2. The fraction of sp³-hybridized carbons (Fsp3) is 0.308. The number of piperidine rings is 1. The number of benzene rings is 2. The highest BCUT2D eigenvalue weighted by atomic mass is 32.1. The summed E-state index contributed by atoms with van der Waals surface area (Å²) in [7, 11) is 0. The number of nitrogens with one attached hydrogen (secondary N) is 1. The number of ether oxygens (including phenoxy) is 1. The maximum absolute atomic E-state index is 12.8. The summed E-state index contributed by atoms with van der Waals surface area (Å²) >= 11 is 1.19. The van der Waals surface area contributed by atoms with E-state index in [9.17, 15) is 19.5 Å². The Morgan fingerprint density at radius 2 is 1.77 bits per heavy atom. The topological polar surface area (TPSA) is 109 Å². The van der Waals surface area contributed by atoms with Crippen LogP contribution < -0.4 is 5.32 Å². The quantitative estimate of drug-likeness (QED) is 0.537. The second-order valence-electron chi connectivity index (χ2n) is 8.73. The third-order valence-electron chi connectivity index (χ3n) is 6.55. The van der Waals surface area contributed by atoms with Gasteiger partial charge in [0.05, 0.1) is 18.7 Å². The summed E-state index contributed by atoms with van der Waals surface area (Å²) in [5, 5.41) is 12.5. The molecule has 2 aliphatic rings. The number of aliphatic carboxylic acids is 1. The lowest BCUT2D eigenvalue weighted by Gasteiger charge is -2.30. The summed E-state index contributed by atoms with van der Waals surface area (Å²) in [6, 6.07) is 16.3. The number of aromatic nitrogens is 1. The Labute approximate surface area is 206 Å². The molecule has 1 aliphatic carbocycles. The fourth-order valence-electron chi connectivity index (χ4n) is 4.81. The van der Waals surface area contributed by atoms with Crippen LogP contribution in [0.2, 0.25) is 0 Å². The van der Waals surface area contributed by atoms with Gasteiger partial charge in [0, 0.05) is 19.0 Å². The van der Waals surface area contributed by atoms with E-state index in [4.69, 9.17) is 4.74 Å². The predicted molar refractivity (Wildman–Crippen MR) is 130 cm³/mol. The molecule has 2 N–H and O–H groups in total. The van der Waals surface area contributed by atoms with E-state index >= 15 is 0 Å². The van der Waals surface area contributed by atoms with Gasteiger partial charge in [-0.3, -0.25) is 9.59 Å². The second-order valence-corrected chi connectivity index (χ2v) is 9.84. The molecule has 1 aromatic heterocycles. The van der Waals surface area contributed by atoms with E-state index in [0.29, 0.717) is 29.3 Å². The van der Waals surface area contributed by atoms with Crippen molar-refractivity contribution in [2.45, 2.75) is 25.3 Å². The number of fused-ring (bicyclic) bond motifs is 3. The number of carboxylic acid groups (broad SMARTS) is 1. The molecule has 180 valence electrons. The number of carbonyl (C=O) groups is 3. The van der Waals surface area contributed by atoms with E-state index in [0.717, 1.165) is 11.1 Å². The molecule has 2 amide bonds. The van der Waals surface area contributed by atoms with Gasteiger partial charge < -0.3 is 20.1 Å². The van der Waals surface area contributed by atoms with Crippen molar-refractivity contribution in [3.8, 4) is 11.1 Å². The first kappa shape index (κ1) is 23.0. The van der Waals surface area contributed by atoms with Gasteiger partial charge in [-0.05, 0) is 35.1 Å². The molecule has 0 unspecified atom stereocenters. The van der Waals surface area contributed by atoms with E-state index in [-0.39, 0.29) is 31.5 Å². The molecule has 0 radical (unpaired) electrons. The van der Waals surface area contributed by atoms with Crippen LogP contribution in [0.4, 0.5) is 4.79 Å². The fourth-order valence-corrected chi connectivity index (χ4v) is 5.63. The van der Waals surface area contributed by atoms with E-state index in [1.165, 1.54) is 28.7 Å². The first-order valence-corrected chi connectivity index (χ1v) is 12.4. The zero-order valence-electron chi connectivity index (χ0n) is 19.0. The minimum Gasteiger partial charge on any atom is -0.481 e. The molecule has 35 heavy (non-hydrogen) atoms. The highest BCUT2D eigenvalue weighted by Gasteiger charge is 2.30. The van der Waals surface area contributed by atoms with Gasteiger partial charge in [0.25, 0.3) is 5.91 Å². The number of carboxylic acids is 1. The maximum atomic E-state index is 12.8. The molecule has 0 bridgehead atoms.